The quantitative estimate of drug-likeness (QED) is 0.596. The van der Waals surface area contributed by atoms with E-state index in [-0.39, 0.29) is 0 Å². The fourth-order valence-corrected chi connectivity index (χ4v) is 1.35. The Kier molecular flexibility index (Phi) is 13.5. The molecule has 108 valence electrons. The van der Waals surface area contributed by atoms with Gasteiger partial charge in [0.25, 0.3) is 0 Å². The number of benzene rings is 1. The molecule has 1 heteroatoms. The summed E-state index contributed by atoms with van der Waals surface area (Å²) in [4.78, 5) is 0. The van der Waals surface area contributed by atoms with Crippen molar-refractivity contribution in [1.29, 1.82) is 0 Å². The van der Waals surface area contributed by atoms with Crippen LogP contribution in [0.25, 0.3) is 5.57 Å². The summed E-state index contributed by atoms with van der Waals surface area (Å²) in [7, 11) is 1.70. The number of para-hydroxylation sites is 1. The molecule has 0 bridgehead atoms. The number of ether oxygens (including phenoxy) is 1. The van der Waals surface area contributed by atoms with E-state index in [0.717, 1.165) is 11.3 Å². The molecule has 0 saturated heterocycles. The Morgan fingerprint density at radius 2 is 1.42 bits per heavy atom. The highest BCUT2D eigenvalue weighted by Crippen LogP contribution is 2.25. The maximum atomic E-state index is 5.31. The minimum Gasteiger partial charge on any atom is -0.496 e. The third-order valence-corrected chi connectivity index (χ3v) is 2.20. The molecule has 1 nitrogen and oxygen atoms in total. The van der Waals surface area contributed by atoms with Crippen molar-refractivity contribution in [3.8, 4) is 5.75 Å². The van der Waals surface area contributed by atoms with Gasteiger partial charge in [-0.3, -0.25) is 0 Å². The van der Waals surface area contributed by atoms with Crippen LogP contribution in [0.1, 0.15) is 54.0 Å². The maximum absolute atomic E-state index is 5.31. The summed E-state index contributed by atoms with van der Waals surface area (Å²) in [5.74, 6) is 0.924. The Morgan fingerprint density at radius 3 is 1.89 bits per heavy atom. The van der Waals surface area contributed by atoms with Crippen molar-refractivity contribution in [2.75, 3.05) is 7.11 Å². The lowest BCUT2D eigenvalue weighted by atomic mass is 10.1. The van der Waals surface area contributed by atoms with Gasteiger partial charge in [0.1, 0.15) is 5.75 Å². The van der Waals surface area contributed by atoms with Gasteiger partial charge in [-0.1, -0.05) is 63.6 Å². The molecule has 0 radical (unpaired) electrons. The van der Waals surface area contributed by atoms with Crippen molar-refractivity contribution in [2.24, 2.45) is 0 Å². The van der Waals surface area contributed by atoms with E-state index in [2.05, 4.69) is 39.0 Å². The van der Waals surface area contributed by atoms with E-state index in [1.165, 1.54) is 11.1 Å². The Bertz CT molecular complexity index is 382. The monoisotopic (exact) mass is 262 g/mol. The standard InChI is InChI=1S/C14H18O.2C2H6/c1-11(2)9-10-12(3)13-7-5-6-8-14(13)15-4;2*1-2/h5-10H,1-4H3;2*1-2H3/b12-10+;;. The number of methoxy groups -OCH3 is 1. The average Bonchev–Trinajstić information content (AvgIpc) is 2.48. The first-order valence-electron chi connectivity index (χ1n) is 7.10. The SMILES string of the molecule is CC.CC.COc1ccccc1/C(C)=C/C=C(C)C. The number of hydrogen-bond donors (Lipinski definition) is 0. The van der Waals surface area contributed by atoms with Crippen LogP contribution in [-0.4, -0.2) is 7.11 Å². The maximum Gasteiger partial charge on any atom is 0.126 e. The van der Waals surface area contributed by atoms with Crippen molar-refractivity contribution in [3.05, 3.63) is 47.6 Å². The van der Waals surface area contributed by atoms with E-state index in [4.69, 9.17) is 4.74 Å². The van der Waals surface area contributed by atoms with Crippen molar-refractivity contribution >= 4 is 5.57 Å². The summed E-state index contributed by atoms with van der Waals surface area (Å²) < 4.78 is 5.31. The predicted octanol–water partition coefficient (Wildman–Crippen LogP) is 6.12. The Morgan fingerprint density at radius 1 is 0.895 bits per heavy atom. The van der Waals surface area contributed by atoms with Crippen LogP contribution in [0.5, 0.6) is 5.75 Å². The Labute approximate surface area is 120 Å². The summed E-state index contributed by atoms with van der Waals surface area (Å²) in [6, 6.07) is 8.06. The Hall–Kier alpha value is -1.50. The van der Waals surface area contributed by atoms with E-state index in [0.29, 0.717) is 0 Å². The average molecular weight is 262 g/mol. The normalized spacial score (nSPS) is 9.37. The first-order chi connectivity index (χ1) is 9.15. The van der Waals surface area contributed by atoms with Gasteiger partial charge >= 0.3 is 0 Å². The summed E-state index contributed by atoms with van der Waals surface area (Å²) >= 11 is 0. The largest absolute Gasteiger partial charge is 0.496 e. The number of allylic oxidation sites excluding steroid dienone is 4. The van der Waals surface area contributed by atoms with Crippen LogP contribution in [-0.2, 0) is 0 Å². The van der Waals surface area contributed by atoms with Crippen molar-refractivity contribution in [1.82, 2.24) is 0 Å². The molecular formula is C18H30O. The molecule has 0 aliphatic carbocycles. The minimum atomic E-state index is 0.924. The zero-order chi connectivity index (χ0) is 15.3. The van der Waals surface area contributed by atoms with Crippen LogP contribution in [0.3, 0.4) is 0 Å². The van der Waals surface area contributed by atoms with E-state index in [9.17, 15) is 0 Å². The molecule has 0 aliphatic heterocycles. The van der Waals surface area contributed by atoms with Crippen LogP contribution in [0, 0.1) is 0 Å². The lowest BCUT2D eigenvalue weighted by Crippen LogP contribution is -1.88. The molecule has 0 aliphatic rings. The van der Waals surface area contributed by atoms with Gasteiger partial charge in [0.05, 0.1) is 7.11 Å². The highest BCUT2D eigenvalue weighted by Gasteiger charge is 2.01. The molecule has 0 fully saturated rings. The molecule has 0 N–H and O–H groups in total. The molecule has 0 heterocycles. The predicted molar refractivity (Wildman–Crippen MR) is 88.8 cm³/mol. The van der Waals surface area contributed by atoms with E-state index >= 15 is 0 Å². The van der Waals surface area contributed by atoms with Crippen LogP contribution in [0.4, 0.5) is 0 Å². The summed E-state index contributed by atoms with van der Waals surface area (Å²) in [5, 5.41) is 0. The molecular weight excluding hydrogens is 232 g/mol. The zero-order valence-corrected chi connectivity index (χ0v) is 13.9. The van der Waals surface area contributed by atoms with Gasteiger partial charge in [-0.25, -0.2) is 0 Å². The highest BCUT2D eigenvalue weighted by atomic mass is 16.5. The minimum absolute atomic E-state index is 0.924. The fourth-order valence-electron chi connectivity index (χ4n) is 1.35. The molecule has 19 heavy (non-hydrogen) atoms. The van der Waals surface area contributed by atoms with Gasteiger partial charge < -0.3 is 4.74 Å². The molecule has 0 unspecified atom stereocenters. The Balaban J connectivity index is 0. The van der Waals surface area contributed by atoms with E-state index < -0.39 is 0 Å². The smallest absolute Gasteiger partial charge is 0.126 e. The van der Waals surface area contributed by atoms with Crippen LogP contribution >= 0.6 is 0 Å². The van der Waals surface area contributed by atoms with Gasteiger partial charge in [0.2, 0.25) is 0 Å². The van der Waals surface area contributed by atoms with Gasteiger partial charge in [0, 0.05) is 5.56 Å². The molecule has 1 aromatic rings. The molecule has 0 saturated carbocycles. The summed E-state index contributed by atoms with van der Waals surface area (Å²) in [6.07, 6.45) is 4.23. The van der Waals surface area contributed by atoms with Crippen LogP contribution in [0.2, 0.25) is 0 Å². The molecule has 0 amide bonds. The molecule has 0 spiro atoms. The van der Waals surface area contributed by atoms with E-state index in [1.807, 2.05) is 45.9 Å². The number of rotatable bonds is 3. The van der Waals surface area contributed by atoms with Gasteiger partial charge in [-0.05, 0) is 32.4 Å². The molecule has 1 rings (SSSR count). The van der Waals surface area contributed by atoms with Crippen molar-refractivity contribution in [3.63, 3.8) is 0 Å². The van der Waals surface area contributed by atoms with Gasteiger partial charge in [-0.15, -0.1) is 0 Å². The summed E-state index contributed by atoms with van der Waals surface area (Å²) in [6.45, 7) is 14.3. The third kappa shape index (κ3) is 8.25. The van der Waals surface area contributed by atoms with Crippen LogP contribution in [0.15, 0.2) is 42.0 Å². The van der Waals surface area contributed by atoms with Crippen molar-refractivity contribution in [2.45, 2.75) is 48.5 Å². The second-order valence-corrected chi connectivity index (χ2v) is 3.79. The first-order valence-corrected chi connectivity index (χ1v) is 7.10. The van der Waals surface area contributed by atoms with Gasteiger partial charge in [0.15, 0.2) is 0 Å². The lowest BCUT2D eigenvalue weighted by Gasteiger charge is -2.07. The topological polar surface area (TPSA) is 9.23 Å². The fraction of sp³-hybridized carbons (Fsp3) is 0.444. The van der Waals surface area contributed by atoms with Crippen LogP contribution < -0.4 is 4.74 Å². The molecule has 0 atom stereocenters. The first kappa shape index (κ1) is 19.8. The highest BCUT2D eigenvalue weighted by molar-refractivity contribution is 5.70. The zero-order valence-electron chi connectivity index (χ0n) is 13.9. The number of hydrogen-bond acceptors (Lipinski definition) is 1. The third-order valence-electron chi connectivity index (χ3n) is 2.20. The molecule has 0 aromatic heterocycles. The van der Waals surface area contributed by atoms with Gasteiger partial charge in [-0.2, -0.15) is 0 Å². The summed E-state index contributed by atoms with van der Waals surface area (Å²) in [5.41, 5.74) is 3.66. The second kappa shape index (κ2) is 12.9. The van der Waals surface area contributed by atoms with Crippen molar-refractivity contribution < 1.29 is 4.74 Å². The molecule has 1 aromatic carbocycles. The lowest BCUT2D eigenvalue weighted by molar-refractivity contribution is 0.413. The van der Waals surface area contributed by atoms with E-state index in [1.54, 1.807) is 7.11 Å². The second-order valence-electron chi connectivity index (χ2n) is 3.79.